The minimum Gasteiger partial charge on any atom is -0.457 e. The minimum absolute atomic E-state index is 0.556. The van der Waals surface area contributed by atoms with Crippen LogP contribution >= 0.6 is 0 Å². The van der Waals surface area contributed by atoms with Crippen LogP contribution in [-0.2, 0) is 10.8 Å². The molecule has 0 radical (unpaired) electrons. The normalized spacial score (nSPS) is 13.7. The zero-order valence-electron chi connectivity index (χ0n) is 45.2. The Morgan fingerprint density at radius 2 is 0.627 bits per heavy atom. The van der Waals surface area contributed by atoms with E-state index in [9.17, 15) is 0 Å². The number of para-hydroxylation sites is 5. The lowest BCUT2D eigenvalue weighted by Gasteiger charge is -2.39. The Hall–Kier alpha value is -10.7. The average molecular weight is 1060 g/mol. The van der Waals surface area contributed by atoms with E-state index in [1.165, 1.54) is 61.2 Å². The highest BCUT2D eigenvalue weighted by molar-refractivity contribution is 5.98. The molecule has 3 heteroatoms. The van der Waals surface area contributed by atoms with Crippen molar-refractivity contribution in [2.24, 2.45) is 0 Å². The molecule has 0 atom stereocenters. The molecule has 13 aromatic rings. The summed E-state index contributed by atoms with van der Waals surface area (Å²) in [4.78, 5) is 2.45. The van der Waals surface area contributed by atoms with Gasteiger partial charge in [0.15, 0.2) is 0 Å². The Morgan fingerprint density at radius 3 is 1.27 bits per heavy atom. The number of benzene rings is 13. The van der Waals surface area contributed by atoms with Gasteiger partial charge in [-0.2, -0.15) is 0 Å². The Morgan fingerprint density at radius 1 is 0.217 bits per heavy atom. The number of ether oxygens (including phenoxy) is 2. The van der Waals surface area contributed by atoms with Crippen LogP contribution in [0.2, 0.25) is 0 Å². The van der Waals surface area contributed by atoms with Crippen LogP contribution in [0, 0.1) is 0 Å². The molecule has 0 saturated heterocycles. The van der Waals surface area contributed by atoms with Crippen LogP contribution in [-0.4, -0.2) is 0 Å². The first-order chi connectivity index (χ1) is 41.2. The van der Waals surface area contributed by atoms with Crippen LogP contribution in [0.1, 0.15) is 44.5 Å². The van der Waals surface area contributed by atoms with Gasteiger partial charge in [-0.3, -0.25) is 0 Å². The fourth-order valence-electron chi connectivity index (χ4n) is 14.6. The number of nitrogens with zero attached hydrogens (tertiary/aromatic N) is 1. The van der Waals surface area contributed by atoms with E-state index in [0.29, 0.717) is 0 Å². The molecule has 3 nitrogen and oxygen atoms in total. The molecule has 83 heavy (non-hydrogen) atoms. The van der Waals surface area contributed by atoms with Crippen molar-refractivity contribution in [2.75, 3.05) is 4.90 Å². The molecule has 0 aromatic heterocycles. The van der Waals surface area contributed by atoms with Gasteiger partial charge in [0.2, 0.25) is 0 Å². The maximum absolute atomic E-state index is 6.70. The fourth-order valence-corrected chi connectivity index (χ4v) is 14.6. The summed E-state index contributed by atoms with van der Waals surface area (Å²) in [5, 5.41) is 0. The lowest BCUT2D eigenvalue weighted by Crippen LogP contribution is -2.32. The zero-order valence-corrected chi connectivity index (χ0v) is 45.2. The van der Waals surface area contributed by atoms with Crippen molar-refractivity contribution in [3.8, 4) is 89.8 Å². The maximum atomic E-state index is 6.70. The van der Waals surface area contributed by atoms with E-state index >= 15 is 0 Å². The Bertz CT molecular complexity index is 4660. The van der Waals surface area contributed by atoms with Gasteiger partial charge in [0.1, 0.15) is 23.0 Å². The van der Waals surface area contributed by atoms with Crippen LogP contribution in [0.25, 0.3) is 66.8 Å². The quantitative estimate of drug-likeness (QED) is 0.159. The fraction of sp³-hybridized carbons (Fsp3) is 0.0250. The van der Waals surface area contributed by atoms with Gasteiger partial charge >= 0.3 is 0 Å². The highest BCUT2D eigenvalue weighted by Gasteiger charge is 2.53. The summed E-state index contributed by atoms with van der Waals surface area (Å²) in [7, 11) is 0. The molecule has 2 aliphatic carbocycles. The van der Waals surface area contributed by atoms with Crippen molar-refractivity contribution in [1.29, 1.82) is 0 Å². The molecule has 0 unspecified atom stereocenters. The molecule has 0 saturated carbocycles. The average Bonchev–Trinajstić information content (AvgIpc) is 2.76. The van der Waals surface area contributed by atoms with Crippen LogP contribution in [0.3, 0.4) is 0 Å². The van der Waals surface area contributed by atoms with Crippen molar-refractivity contribution in [3.63, 3.8) is 0 Å². The van der Waals surface area contributed by atoms with Crippen molar-refractivity contribution in [1.82, 2.24) is 0 Å². The van der Waals surface area contributed by atoms with Crippen LogP contribution in [0.5, 0.6) is 23.0 Å². The molecule has 0 amide bonds. The Balaban J connectivity index is 0.827. The molecule has 0 N–H and O–H groups in total. The van der Waals surface area contributed by atoms with Gasteiger partial charge in [0, 0.05) is 39.2 Å². The summed E-state index contributed by atoms with van der Waals surface area (Å²) < 4.78 is 13.4. The third kappa shape index (κ3) is 6.86. The lowest BCUT2D eigenvalue weighted by molar-refractivity contribution is 0.436. The molecule has 2 heterocycles. The highest BCUT2D eigenvalue weighted by Crippen LogP contribution is 2.65. The first-order valence-electron chi connectivity index (χ1n) is 28.6. The van der Waals surface area contributed by atoms with Crippen molar-refractivity contribution in [3.05, 3.63) is 354 Å². The van der Waals surface area contributed by atoms with E-state index < -0.39 is 10.8 Å². The molecular weight excluding hydrogens is 1010 g/mol. The van der Waals surface area contributed by atoms with E-state index in [1.54, 1.807) is 0 Å². The highest BCUT2D eigenvalue weighted by atomic mass is 16.5. The van der Waals surface area contributed by atoms with Crippen molar-refractivity contribution < 1.29 is 9.47 Å². The van der Waals surface area contributed by atoms with Gasteiger partial charge in [-0.25, -0.2) is 0 Å². The van der Waals surface area contributed by atoms with Gasteiger partial charge in [0.25, 0.3) is 0 Å². The van der Waals surface area contributed by atoms with Crippen LogP contribution in [0.4, 0.5) is 17.1 Å². The first-order valence-corrected chi connectivity index (χ1v) is 28.6. The molecule has 0 bridgehead atoms. The van der Waals surface area contributed by atoms with Gasteiger partial charge in [-0.05, 0) is 144 Å². The summed E-state index contributed by atoms with van der Waals surface area (Å²) in [5.74, 6) is 3.55. The van der Waals surface area contributed by atoms with E-state index in [2.05, 4.69) is 314 Å². The second kappa shape index (κ2) is 18.4. The molecular formula is C80H51NO2. The van der Waals surface area contributed by atoms with E-state index in [-0.39, 0.29) is 0 Å². The predicted molar refractivity (Wildman–Crippen MR) is 338 cm³/mol. The molecule has 2 aliphatic heterocycles. The van der Waals surface area contributed by atoms with Gasteiger partial charge in [0.05, 0.1) is 16.5 Å². The topological polar surface area (TPSA) is 21.7 Å². The number of hydrogen-bond donors (Lipinski definition) is 0. The maximum Gasteiger partial charge on any atom is 0.132 e. The summed E-state index contributed by atoms with van der Waals surface area (Å²) in [5.41, 5.74) is 26.0. The summed E-state index contributed by atoms with van der Waals surface area (Å²) in [6.07, 6.45) is 0. The first kappa shape index (κ1) is 47.1. The third-order valence-corrected chi connectivity index (χ3v) is 18.0. The SMILES string of the molecule is c1ccc(-c2ccc(-c3ccccc3N(c3ccc(-c4ccc5c(c4)C4(c6ccccc6Oc6ccccc64)c4ccccc4-5)cc3)c3cccc(-c4cccc5c4-c4ccccc4C54c5ccccc5Oc5ccccc54)c3)cc2)cc1. The molecule has 0 fully saturated rings. The standard InChI is InChI=1S/C80H51NO2/c1-2-20-52(21-3-1)53-40-42-55(43-41-53)60-24-6-13-35-73(60)81(58-47-44-54(45-48-58)56-46-49-63-62-25-4-7-28-65(62)80(72(63)51-56)69-32-11-16-38-76(69)83-77-39-17-12-33-70(77)80)59-23-18-22-57(50-59)61-27-19-34-71-78(61)64-26-5-8-29-66(64)79(71)67-30-9-14-36-74(67)82-75-37-15-10-31-68(75)79/h1-51H. The van der Waals surface area contributed by atoms with Crippen molar-refractivity contribution >= 4 is 17.1 Å². The second-order valence-electron chi connectivity index (χ2n) is 22.2. The molecule has 2 spiro atoms. The van der Waals surface area contributed by atoms with E-state index in [4.69, 9.17) is 9.47 Å². The minimum atomic E-state index is -0.572. The largest absolute Gasteiger partial charge is 0.457 e. The monoisotopic (exact) mass is 1060 g/mol. The van der Waals surface area contributed by atoms with Crippen molar-refractivity contribution in [2.45, 2.75) is 10.8 Å². The van der Waals surface area contributed by atoms with E-state index in [1.807, 2.05) is 0 Å². The summed E-state index contributed by atoms with van der Waals surface area (Å²) in [6.45, 7) is 0. The number of anilines is 3. The predicted octanol–water partition coefficient (Wildman–Crippen LogP) is 20.8. The summed E-state index contributed by atoms with van der Waals surface area (Å²) >= 11 is 0. The molecule has 4 aliphatic rings. The van der Waals surface area contributed by atoms with Crippen LogP contribution < -0.4 is 14.4 Å². The zero-order chi connectivity index (χ0) is 54.6. The second-order valence-corrected chi connectivity index (χ2v) is 22.2. The van der Waals surface area contributed by atoms with Gasteiger partial charge in [-0.1, -0.05) is 249 Å². The smallest absolute Gasteiger partial charge is 0.132 e. The van der Waals surface area contributed by atoms with Crippen LogP contribution in [0.15, 0.2) is 309 Å². The summed E-state index contributed by atoms with van der Waals surface area (Å²) in [6, 6.07) is 113. The van der Waals surface area contributed by atoms with E-state index in [0.717, 1.165) is 90.1 Å². The van der Waals surface area contributed by atoms with Gasteiger partial charge < -0.3 is 14.4 Å². The number of fused-ring (bicyclic) bond motifs is 18. The molecule has 388 valence electrons. The Kier molecular flexibility index (Phi) is 10.4. The molecule has 13 aromatic carbocycles. The number of rotatable bonds is 7. The van der Waals surface area contributed by atoms with Gasteiger partial charge in [-0.15, -0.1) is 0 Å². The third-order valence-electron chi connectivity index (χ3n) is 18.0. The molecule has 17 rings (SSSR count). The lowest BCUT2D eigenvalue weighted by atomic mass is 9.66. The number of hydrogen-bond acceptors (Lipinski definition) is 3. The Labute approximate surface area is 483 Å².